The summed E-state index contributed by atoms with van der Waals surface area (Å²) >= 11 is 0. The van der Waals surface area contributed by atoms with Gasteiger partial charge in [-0.1, -0.05) is 18.2 Å². The number of benzene rings is 2. The molecule has 0 heterocycles. The molecule has 0 aliphatic heterocycles. The van der Waals surface area contributed by atoms with Gasteiger partial charge in [-0.05, 0) is 25.1 Å². The maximum absolute atomic E-state index is 11.0. The number of methoxy groups -OCH3 is 1. The molecule has 6 nitrogen and oxygen atoms in total. The van der Waals surface area contributed by atoms with Gasteiger partial charge in [0.25, 0.3) is 0 Å². The molecule has 0 aliphatic carbocycles. The Morgan fingerprint density at radius 1 is 1.19 bits per heavy atom. The lowest BCUT2D eigenvalue weighted by Crippen LogP contribution is -2.06. The van der Waals surface area contributed by atoms with Gasteiger partial charge in [-0.15, -0.1) is 0 Å². The fourth-order valence-corrected chi connectivity index (χ4v) is 1.95. The number of nitrogens with zero attached hydrogens (tertiary/aromatic N) is 1. The van der Waals surface area contributed by atoms with Crippen molar-refractivity contribution in [2.45, 2.75) is 13.0 Å². The molecule has 110 valence electrons. The van der Waals surface area contributed by atoms with Crippen LogP contribution in [-0.2, 0) is 0 Å². The average molecular weight is 288 g/mol. The Morgan fingerprint density at radius 2 is 1.90 bits per heavy atom. The fraction of sp³-hybridized carbons (Fsp3) is 0.200. The third kappa shape index (κ3) is 3.29. The van der Waals surface area contributed by atoms with E-state index < -0.39 is 4.92 Å². The Bertz CT molecular complexity index is 656. The summed E-state index contributed by atoms with van der Waals surface area (Å²) in [7, 11) is 1.38. The first-order valence-corrected chi connectivity index (χ1v) is 6.37. The van der Waals surface area contributed by atoms with Gasteiger partial charge in [-0.2, -0.15) is 0 Å². The zero-order chi connectivity index (χ0) is 15.4. The van der Waals surface area contributed by atoms with Gasteiger partial charge in [0.15, 0.2) is 5.75 Å². The Kier molecular flexibility index (Phi) is 4.39. The zero-order valence-corrected chi connectivity index (χ0v) is 11.8. The minimum Gasteiger partial charge on any atom is -0.490 e. The molecule has 2 aromatic rings. The lowest BCUT2D eigenvalue weighted by molar-refractivity contribution is -0.385. The number of nitrogens with two attached hydrogens (primary N) is 1. The molecule has 0 unspecified atom stereocenters. The molecular formula is C15H16N2O4. The summed E-state index contributed by atoms with van der Waals surface area (Å²) in [5, 5.41) is 11.0. The zero-order valence-electron chi connectivity index (χ0n) is 11.8. The molecule has 2 rings (SSSR count). The number of rotatable bonds is 5. The normalized spacial score (nSPS) is 11.8. The van der Waals surface area contributed by atoms with Gasteiger partial charge in [-0.25, -0.2) is 0 Å². The van der Waals surface area contributed by atoms with Gasteiger partial charge in [0.1, 0.15) is 11.5 Å². The second-order valence-electron chi connectivity index (χ2n) is 4.52. The topological polar surface area (TPSA) is 87.6 Å². The molecule has 1 atom stereocenters. The van der Waals surface area contributed by atoms with Gasteiger partial charge >= 0.3 is 5.69 Å². The van der Waals surface area contributed by atoms with E-state index in [1.165, 1.54) is 19.2 Å². The van der Waals surface area contributed by atoms with Crippen molar-refractivity contribution in [2.75, 3.05) is 7.11 Å². The van der Waals surface area contributed by atoms with Gasteiger partial charge in [0.2, 0.25) is 0 Å². The molecule has 0 saturated heterocycles. The number of nitro groups is 1. The minimum atomic E-state index is -0.511. The Balaban J connectivity index is 2.37. The van der Waals surface area contributed by atoms with Crippen LogP contribution in [0.1, 0.15) is 18.5 Å². The monoisotopic (exact) mass is 288 g/mol. The summed E-state index contributed by atoms with van der Waals surface area (Å²) in [6.07, 6.45) is 0. The maximum Gasteiger partial charge on any atom is 0.314 e. The average Bonchev–Trinajstić information content (AvgIpc) is 2.47. The summed E-state index contributed by atoms with van der Waals surface area (Å²) in [5.41, 5.74) is 6.57. The van der Waals surface area contributed by atoms with Gasteiger partial charge in [0, 0.05) is 11.6 Å². The highest BCUT2D eigenvalue weighted by Crippen LogP contribution is 2.34. The van der Waals surface area contributed by atoms with Crippen LogP contribution < -0.4 is 15.2 Å². The van der Waals surface area contributed by atoms with Crippen LogP contribution in [0.2, 0.25) is 0 Å². The first-order valence-electron chi connectivity index (χ1n) is 6.37. The first kappa shape index (κ1) is 14.8. The Labute approximate surface area is 122 Å². The third-order valence-corrected chi connectivity index (χ3v) is 2.98. The molecule has 0 aromatic heterocycles. The van der Waals surface area contributed by atoms with Crippen LogP contribution in [0.4, 0.5) is 5.69 Å². The van der Waals surface area contributed by atoms with E-state index >= 15 is 0 Å². The SMILES string of the molecule is COc1ccc(Oc2ccccc2[C@H](C)N)cc1[N+](=O)[O-]. The lowest BCUT2D eigenvalue weighted by Gasteiger charge is -2.13. The smallest absolute Gasteiger partial charge is 0.314 e. The molecule has 0 spiro atoms. The highest BCUT2D eigenvalue weighted by atomic mass is 16.6. The van der Waals surface area contributed by atoms with Crippen LogP contribution in [0.5, 0.6) is 17.2 Å². The van der Waals surface area contributed by atoms with Crippen LogP contribution in [-0.4, -0.2) is 12.0 Å². The number of ether oxygens (including phenoxy) is 2. The standard InChI is InChI=1S/C15H16N2O4/c1-10(16)12-5-3-4-6-14(12)21-11-7-8-15(20-2)13(9-11)17(18)19/h3-10H,16H2,1-2H3/t10-/m0/s1. The van der Waals surface area contributed by atoms with Crippen molar-refractivity contribution in [1.82, 2.24) is 0 Å². The van der Waals surface area contributed by atoms with Gasteiger partial charge in [0.05, 0.1) is 18.1 Å². The van der Waals surface area contributed by atoms with Crippen LogP contribution >= 0.6 is 0 Å². The van der Waals surface area contributed by atoms with E-state index in [1.54, 1.807) is 12.1 Å². The predicted molar refractivity (Wildman–Crippen MR) is 78.8 cm³/mol. The van der Waals surface area contributed by atoms with Crippen LogP contribution in [0.15, 0.2) is 42.5 Å². The molecule has 2 aromatic carbocycles. The van der Waals surface area contributed by atoms with Crippen molar-refractivity contribution in [3.63, 3.8) is 0 Å². The van der Waals surface area contributed by atoms with Crippen molar-refractivity contribution in [3.05, 3.63) is 58.1 Å². The van der Waals surface area contributed by atoms with Crippen molar-refractivity contribution in [2.24, 2.45) is 5.73 Å². The van der Waals surface area contributed by atoms with E-state index in [9.17, 15) is 10.1 Å². The van der Waals surface area contributed by atoms with E-state index in [1.807, 2.05) is 25.1 Å². The van der Waals surface area contributed by atoms with Crippen LogP contribution in [0.25, 0.3) is 0 Å². The molecule has 0 bridgehead atoms. The second-order valence-corrected chi connectivity index (χ2v) is 4.52. The second kappa shape index (κ2) is 6.23. The first-order chi connectivity index (χ1) is 10.0. The summed E-state index contributed by atoms with van der Waals surface area (Å²) in [5.74, 6) is 1.12. The summed E-state index contributed by atoms with van der Waals surface area (Å²) in [6, 6.07) is 11.6. The fourth-order valence-electron chi connectivity index (χ4n) is 1.95. The Hall–Kier alpha value is -2.60. The van der Waals surface area contributed by atoms with E-state index in [4.69, 9.17) is 15.2 Å². The third-order valence-electron chi connectivity index (χ3n) is 2.98. The van der Waals surface area contributed by atoms with Gasteiger partial charge < -0.3 is 15.2 Å². The molecule has 0 amide bonds. The molecular weight excluding hydrogens is 272 g/mol. The van der Waals surface area contributed by atoms with E-state index in [2.05, 4.69) is 0 Å². The van der Waals surface area contributed by atoms with Crippen molar-refractivity contribution in [1.29, 1.82) is 0 Å². The molecule has 0 fully saturated rings. The largest absolute Gasteiger partial charge is 0.490 e. The van der Waals surface area contributed by atoms with Crippen molar-refractivity contribution >= 4 is 5.69 Å². The van der Waals surface area contributed by atoms with Crippen LogP contribution in [0, 0.1) is 10.1 Å². The van der Waals surface area contributed by atoms with Crippen molar-refractivity contribution < 1.29 is 14.4 Å². The highest BCUT2D eigenvalue weighted by molar-refractivity contribution is 5.52. The molecule has 0 radical (unpaired) electrons. The van der Waals surface area contributed by atoms with E-state index in [0.29, 0.717) is 11.5 Å². The molecule has 0 aliphatic rings. The Morgan fingerprint density at radius 3 is 2.52 bits per heavy atom. The molecule has 0 saturated carbocycles. The summed E-state index contributed by atoms with van der Waals surface area (Å²) < 4.78 is 10.7. The van der Waals surface area contributed by atoms with E-state index in [0.717, 1.165) is 5.56 Å². The summed E-state index contributed by atoms with van der Waals surface area (Å²) in [4.78, 5) is 10.5. The predicted octanol–water partition coefficient (Wildman–Crippen LogP) is 3.42. The van der Waals surface area contributed by atoms with E-state index in [-0.39, 0.29) is 17.5 Å². The number of hydrogen-bond acceptors (Lipinski definition) is 5. The molecule has 6 heteroatoms. The quantitative estimate of drug-likeness (QED) is 0.672. The number of nitro benzene ring substituents is 1. The van der Waals surface area contributed by atoms with Crippen LogP contribution in [0.3, 0.4) is 0 Å². The molecule has 2 N–H and O–H groups in total. The molecule has 21 heavy (non-hydrogen) atoms. The van der Waals surface area contributed by atoms with Crippen molar-refractivity contribution in [3.8, 4) is 17.2 Å². The highest BCUT2D eigenvalue weighted by Gasteiger charge is 2.17. The minimum absolute atomic E-state index is 0.145. The summed E-state index contributed by atoms with van der Waals surface area (Å²) in [6.45, 7) is 1.85. The van der Waals surface area contributed by atoms with Gasteiger partial charge in [-0.3, -0.25) is 10.1 Å². The maximum atomic E-state index is 11.0. The lowest BCUT2D eigenvalue weighted by atomic mass is 10.1. The number of hydrogen-bond donors (Lipinski definition) is 1. The number of para-hydroxylation sites is 1.